The van der Waals surface area contributed by atoms with E-state index in [0.29, 0.717) is 17.0 Å². The second-order valence-electron chi connectivity index (χ2n) is 8.72. The molecule has 0 radical (unpaired) electrons. The van der Waals surface area contributed by atoms with Crippen molar-refractivity contribution in [3.05, 3.63) is 96.3 Å². The van der Waals surface area contributed by atoms with Crippen molar-refractivity contribution in [1.29, 1.82) is 0 Å². The normalized spacial score (nSPS) is 11.3. The van der Waals surface area contributed by atoms with Crippen LogP contribution in [0.5, 0.6) is 0 Å². The summed E-state index contributed by atoms with van der Waals surface area (Å²) in [5.74, 6) is 1.11. The largest absolute Gasteiger partial charge is 0.457 e. The highest BCUT2D eigenvalue weighted by atomic mass is 16.3. The predicted molar refractivity (Wildman–Crippen MR) is 149 cm³/mol. The number of benzene rings is 3. The maximum atomic E-state index is 12.6. The topological polar surface area (TPSA) is 76.2 Å². The van der Waals surface area contributed by atoms with E-state index in [1.54, 1.807) is 10.9 Å². The molecular formula is C30H29N5O2. The van der Waals surface area contributed by atoms with Gasteiger partial charge in [-0.1, -0.05) is 30.3 Å². The van der Waals surface area contributed by atoms with E-state index in [4.69, 9.17) is 4.42 Å². The van der Waals surface area contributed by atoms with Crippen LogP contribution in [0.25, 0.3) is 34.1 Å². The highest BCUT2D eigenvalue weighted by Crippen LogP contribution is 2.24. The Morgan fingerprint density at radius 3 is 2.35 bits per heavy atom. The molecule has 0 atom stereocenters. The van der Waals surface area contributed by atoms with Gasteiger partial charge in [0.25, 0.3) is 0 Å². The van der Waals surface area contributed by atoms with Gasteiger partial charge in [-0.05, 0) is 80.9 Å². The lowest BCUT2D eigenvalue weighted by Gasteiger charge is -2.20. The van der Waals surface area contributed by atoms with Crippen LogP contribution in [0.3, 0.4) is 0 Å². The van der Waals surface area contributed by atoms with Gasteiger partial charge < -0.3 is 14.6 Å². The molecule has 2 heterocycles. The third-order valence-corrected chi connectivity index (χ3v) is 6.28. The molecule has 7 nitrogen and oxygen atoms in total. The average molecular weight is 492 g/mol. The number of furan rings is 1. The summed E-state index contributed by atoms with van der Waals surface area (Å²) in [6, 6.07) is 25.6. The molecule has 0 fully saturated rings. The van der Waals surface area contributed by atoms with Crippen LogP contribution in [0.1, 0.15) is 25.2 Å². The molecule has 37 heavy (non-hydrogen) atoms. The highest BCUT2D eigenvalue weighted by molar-refractivity contribution is 6.03. The van der Waals surface area contributed by atoms with E-state index >= 15 is 0 Å². The van der Waals surface area contributed by atoms with Gasteiger partial charge >= 0.3 is 0 Å². The SMILES string of the molecule is CCN(CC)c1ccc(-n2nc3cc(C)c(NC(=O)/C=C/c4ccc(-c5ccccc5)o4)cc3n2)cc1. The Bertz CT molecular complexity index is 1540. The summed E-state index contributed by atoms with van der Waals surface area (Å²) in [6.07, 6.45) is 3.12. The van der Waals surface area contributed by atoms with Gasteiger partial charge in [-0.3, -0.25) is 4.79 Å². The van der Waals surface area contributed by atoms with Crippen LogP contribution in [-0.2, 0) is 4.79 Å². The molecule has 5 aromatic rings. The molecule has 0 unspecified atom stereocenters. The standard InChI is InChI=1S/C30H29N5O2/c1-4-34(5-2)23-11-13-24(14-12-23)35-32-27-19-21(3)26(20-28(27)33-35)31-30(36)18-16-25-15-17-29(37-25)22-9-7-6-8-10-22/h6-20H,4-5H2,1-3H3,(H,31,36)/b18-16+. The summed E-state index contributed by atoms with van der Waals surface area (Å²) in [4.78, 5) is 16.5. The van der Waals surface area contributed by atoms with Crippen molar-refractivity contribution in [2.45, 2.75) is 20.8 Å². The zero-order valence-corrected chi connectivity index (χ0v) is 21.2. The van der Waals surface area contributed by atoms with E-state index < -0.39 is 0 Å². The summed E-state index contributed by atoms with van der Waals surface area (Å²) in [5, 5.41) is 12.2. The van der Waals surface area contributed by atoms with Gasteiger partial charge in [0.1, 0.15) is 22.6 Å². The Labute approximate surface area is 216 Å². The Balaban J connectivity index is 1.30. The Kier molecular flexibility index (Phi) is 6.85. The molecule has 0 aliphatic heterocycles. The van der Waals surface area contributed by atoms with Gasteiger partial charge in [0.2, 0.25) is 5.91 Å². The van der Waals surface area contributed by atoms with Gasteiger partial charge in [0, 0.05) is 36.1 Å². The molecule has 0 aliphatic carbocycles. The monoisotopic (exact) mass is 491 g/mol. The number of aryl methyl sites for hydroxylation is 1. The maximum Gasteiger partial charge on any atom is 0.248 e. The molecule has 0 aliphatic rings. The van der Waals surface area contributed by atoms with Gasteiger partial charge in [0.15, 0.2) is 0 Å². The molecule has 0 saturated carbocycles. The van der Waals surface area contributed by atoms with Crippen LogP contribution in [0.4, 0.5) is 11.4 Å². The number of anilines is 2. The van der Waals surface area contributed by atoms with Crippen molar-refractivity contribution < 1.29 is 9.21 Å². The second kappa shape index (κ2) is 10.5. The third-order valence-electron chi connectivity index (χ3n) is 6.28. The molecule has 186 valence electrons. The Morgan fingerprint density at radius 2 is 1.65 bits per heavy atom. The van der Waals surface area contributed by atoms with Crippen molar-refractivity contribution in [3.8, 4) is 17.0 Å². The van der Waals surface area contributed by atoms with E-state index in [1.165, 1.54) is 11.8 Å². The van der Waals surface area contributed by atoms with E-state index in [9.17, 15) is 4.79 Å². The zero-order valence-electron chi connectivity index (χ0n) is 21.2. The minimum Gasteiger partial charge on any atom is -0.457 e. The summed E-state index contributed by atoms with van der Waals surface area (Å²) < 4.78 is 5.84. The molecule has 2 aromatic heterocycles. The first kappa shape index (κ1) is 24.1. The second-order valence-corrected chi connectivity index (χ2v) is 8.72. The Hall–Kier alpha value is -4.65. The van der Waals surface area contributed by atoms with Crippen LogP contribution in [0, 0.1) is 6.92 Å². The number of nitrogens with zero attached hydrogens (tertiary/aromatic N) is 4. The molecule has 0 spiro atoms. The van der Waals surface area contributed by atoms with Crippen LogP contribution in [0.2, 0.25) is 0 Å². The molecule has 0 saturated heterocycles. The van der Waals surface area contributed by atoms with Crippen LogP contribution in [-0.4, -0.2) is 34.0 Å². The number of nitrogens with one attached hydrogen (secondary N) is 1. The first-order chi connectivity index (χ1) is 18.0. The fourth-order valence-corrected chi connectivity index (χ4v) is 4.24. The number of hydrogen-bond acceptors (Lipinski definition) is 5. The summed E-state index contributed by atoms with van der Waals surface area (Å²) in [6.45, 7) is 8.14. The van der Waals surface area contributed by atoms with Crippen LogP contribution in [0.15, 0.2) is 89.4 Å². The molecule has 7 heteroatoms. The number of rotatable bonds is 8. The molecule has 1 N–H and O–H groups in total. The van der Waals surface area contributed by atoms with Gasteiger partial charge in [-0.15, -0.1) is 10.2 Å². The maximum absolute atomic E-state index is 12.6. The fourth-order valence-electron chi connectivity index (χ4n) is 4.24. The Morgan fingerprint density at radius 1 is 0.946 bits per heavy atom. The summed E-state index contributed by atoms with van der Waals surface area (Å²) >= 11 is 0. The van der Waals surface area contributed by atoms with E-state index in [0.717, 1.165) is 41.2 Å². The average Bonchev–Trinajstić information content (AvgIpc) is 3.56. The number of carbonyl (C=O) groups is 1. The van der Waals surface area contributed by atoms with Crippen molar-refractivity contribution in [2.24, 2.45) is 0 Å². The third kappa shape index (κ3) is 5.30. The molecular weight excluding hydrogens is 462 g/mol. The first-order valence-electron chi connectivity index (χ1n) is 12.4. The van der Waals surface area contributed by atoms with Crippen LogP contribution < -0.4 is 10.2 Å². The molecule has 0 bridgehead atoms. The van der Waals surface area contributed by atoms with Crippen molar-refractivity contribution in [2.75, 3.05) is 23.3 Å². The van der Waals surface area contributed by atoms with Gasteiger partial charge in [0.05, 0.1) is 5.69 Å². The van der Waals surface area contributed by atoms with Gasteiger partial charge in [-0.25, -0.2) is 0 Å². The van der Waals surface area contributed by atoms with Crippen molar-refractivity contribution >= 4 is 34.4 Å². The quantitative estimate of drug-likeness (QED) is 0.251. The highest BCUT2D eigenvalue weighted by Gasteiger charge is 2.11. The fraction of sp³-hybridized carbons (Fsp3) is 0.167. The van der Waals surface area contributed by atoms with E-state index in [1.807, 2.05) is 73.7 Å². The summed E-state index contributed by atoms with van der Waals surface area (Å²) in [5.41, 5.74) is 6.11. The lowest BCUT2D eigenvalue weighted by Crippen LogP contribution is -2.21. The predicted octanol–water partition coefficient (Wildman–Crippen LogP) is 6.49. The molecule has 5 rings (SSSR count). The van der Waals surface area contributed by atoms with E-state index in [-0.39, 0.29) is 5.91 Å². The minimum atomic E-state index is -0.250. The van der Waals surface area contributed by atoms with Crippen molar-refractivity contribution in [3.63, 3.8) is 0 Å². The van der Waals surface area contributed by atoms with E-state index in [2.05, 4.69) is 46.4 Å². The van der Waals surface area contributed by atoms with Crippen molar-refractivity contribution in [1.82, 2.24) is 15.0 Å². The summed E-state index contributed by atoms with van der Waals surface area (Å²) in [7, 11) is 0. The zero-order chi connectivity index (χ0) is 25.8. The molecule has 3 aromatic carbocycles. The lowest BCUT2D eigenvalue weighted by molar-refractivity contribution is -0.111. The number of aromatic nitrogens is 3. The number of carbonyl (C=O) groups excluding carboxylic acids is 1. The minimum absolute atomic E-state index is 0.250. The lowest BCUT2D eigenvalue weighted by atomic mass is 10.1. The number of hydrogen-bond donors (Lipinski definition) is 1. The number of fused-ring (bicyclic) bond motifs is 1. The molecule has 1 amide bonds. The first-order valence-corrected chi connectivity index (χ1v) is 12.4. The van der Waals surface area contributed by atoms with Crippen LogP contribution >= 0.6 is 0 Å². The number of amides is 1. The van der Waals surface area contributed by atoms with Gasteiger partial charge in [-0.2, -0.15) is 4.80 Å². The smallest absolute Gasteiger partial charge is 0.248 e.